The molecular weight excluding hydrogens is 420 g/mol. The fraction of sp³-hybridized carbons (Fsp3) is 0.280. The van der Waals surface area contributed by atoms with Crippen LogP contribution in [0.5, 0.6) is 11.5 Å². The zero-order valence-corrected chi connectivity index (χ0v) is 18.7. The molecule has 1 aliphatic carbocycles. The van der Waals surface area contributed by atoms with Gasteiger partial charge in [-0.15, -0.1) is 10.2 Å². The van der Waals surface area contributed by atoms with E-state index >= 15 is 0 Å². The number of rotatable bonds is 6. The Kier molecular flexibility index (Phi) is 5.51. The zero-order chi connectivity index (χ0) is 22.9. The number of nitrogens with zero attached hydrogens (tertiary/aromatic N) is 4. The van der Waals surface area contributed by atoms with Gasteiger partial charge in [0.25, 0.3) is 0 Å². The number of benzene rings is 2. The molecule has 2 heterocycles. The Labute approximate surface area is 191 Å². The van der Waals surface area contributed by atoms with Crippen LogP contribution in [0, 0.1) is 0 Å². The van der Waals surface area contributed by atoms with E-state index in [0.29, 0.717) is 41.4 Å². The lowest BCUT2D eigenvalue weighted by Gasteiger charge is -2.23. The van der Waals surface area contributed by atoms with Gasteiger partial charge in [-0.1, -0.05) is 36.4 Å². The van der Waals surface area contributed by atoms with Crippen molar-refractivity contribution >= 4 is 11.4 Å². The number of hydrogen-bond acceptors (Lipinski definition) is 7. The molecule has 1 atom stereocenters. The molecule has 2 aromatic carbocycles. The van der Waals surface area contributed by atoms with E-state index in [1.165, 1.54) is 0 Å². The zero-order valence-electron chi connectivity index (χ0n) is 18.7. The van der Waals surface area contributed by atoms with E-state index in [0.717, 1.165) is 22.4 Å². The van der Waals surface area contributed by atoms with Crippen LogP contribution >= 0.6 is 0 Å². The summed E-state index contributed by atoms with van der Waals surface area (Å²) < 4.78 is 18.1. The Bertz CT molecular complexity index is 1330. The van der Waals surface area contributed by atoms with Gasteiger partial charge in [-0.2, -0.15) is 5.10 Å². The Morgan fingerprint density at radius 2 is 1.76 bits per heavy atom. The lowest BCUT2D eigenvalue weighted by atomic mass is 9.83. The van der Waals surface area contributed by atoms with Crippen molar-refractivity contribution < 1.29 is 19.0 Å². The highest BCUT2D eigenvalue weighted by molar-refractivity contribution is 5.97. The first-order valence-electron chi connectivity index (χ1n) is 10.7. The van der Waals surface area contributed by atoms with Crippen molar-refractivity contribution in [2.75, 3.05) is 21.3 Å². The summed E-state index contributed by atoms with van der Waals surface area (Å²) in [6.45, 7) is 0.290. The van der Waals surface area contributed by atoms with E-state index in [2.05, 4.69) is 22.3 Å². The molecule has 168 valence electrons. The molecule has 33 heavy (non-hydrogen) atoms. The summed E-state index contributed by atoms with van der Waals surface area (Å²) in [5, 5.41) is 13.6. The summed E-state index contributed by atoms with van der Waals surface area (Å²) in [7, 11) is 4.82. The maximum absolute atomic E-state index is 13.0. The Morgan fingerprint density at radius 3 is 2.48 bits per heavy atom. The molecule has 0 bridgehead atoms. The molecule has 5 rings (SSSR count). The summed E-state index contributed by atoms with van der Waals surface area (Å²) in [6, 6.07) is 15.7. The maximum Gasteiger partial charge on any atom is 0.185 e. The van der Waals surface area contributed by atoms with Crippen LogP contribution in [0.4, 0.5) is 0 Å². The molecule has 0 fully saturated rings. The normalized spacial score (nSPS) is 15.5. The van der Waals surface area contributed by atoms with Crippen LogP contribution in [0.25, 0.3) is 16.8 Å². The number of hydrogen-bond donors (Lipinski definition) is 0. The van der Waals surface area contributed by atoms with Crippen molar-refractivity contribution in [1.29, 1.82) is 0 Å². The van der Waals surface area contributed by atoms with E-state index in [4.69, 9.17) is 19.3 Å². The molecule has 1 unspecified atom stereocenters. The molecule has 0 spiro atoms. The van der Waals surface area contributed by atoms with Gasteiger partial charge in [0.2, 0.25) is 0 Å². The molecule has 0 aliphatic heterocycles. The van der Waals surface area contributed by atoms with E-state index < -0.39 is 0 Å². The lowest BCUT2D eigenvalue weighted by Crippen LogP contribution is -2.24. The molecule has 8 heteroatoms. The Hall–Kier alpha value is -3.78. The number of fused-ring (bicyclic) bond motifs is 3. The minimum atomic E-state index is -0.0176. The maximum atomic E-state index is 13.0. The van der Waals surface area contributed by atoms with Gasteiger partial charge in [0.1, 0.15) is 0 Å². The first kappa shape index (κ1) is 21.1. The number of ketones is 1. The highest BCUT2D eigenvalue weighted by Crippen LogP contribution is 2.37. The van der Waals surface area contributed by atoms with Gasteiger partial charge >= 0.3 is 0 Å². The number of aromatic nitrogens is 4. The molecule has 4 aromatic rings. The third-order valence-corrected chi connectivity index (χ3v) is 6.07. The minimum absolute atomic E-state index is 0.0176. The predicted molar refractivity (Wildman–Crippen MR) is 122 cm³/mol. The molecule has 0 N–H and O–H groups in total. The van der Waals surface area contributed by atoms with Crippen molar-refractivity contribution in [3.05, 3.63) is 71.2 Å². The van der Waals surface area contributed by atoms with E-state index in [-0.39, 0.29) is 18.3 Å². The molecule has 1 aliphatic rings. The van der Waals surface area contributed by atoms with Crippen LogP contribution in [0.15, 0.2) is 48.5 Å². The molecule has 0 saturated carbocycles. The third kappa shape index (κ3) is 3.62. The lowest BCUT2D eigenvalue weighted by molar-refractivity contribution is 0.0955. The van der Waals surface area contributed by atoms with Crippen LogP contribution < -0.4 is 9.47 Å². The molecule has 2 aromatic heterocycles. The van der Waals surface area contributed by atoms with Crippen molar-refractivity contribution in [2.24, 2.45) is 0 Å². The molecule has 0 saturated heterocycles. The van der Waals surface area contributed by atoms with Gasteiger partial charge in [0.05, 0.1) is 37.8 Å². The fourth-order valence-corrected chi connectivity index (χ4v) is 4.50. The first-order chi connectivity index (χ1) is 16.1. The van der Waals surface area contributed by atoms with Crippen molar-refractivity contribution in [3.63, 3.8) is 0 Å². The molecular formula is C25H24N4O4. The van der Waals surface area contributed by atoms with Crippen LogP contribution in [0.1, 0.15) is 39.8 Å². The van der Waals surface area contributed by atoms with Crippen LogP contribution in [0.3, 0.4) is 0 Å². The molecule has 8 nitrogen and oxygen atoms in total. The van der Waals surface area contributed by atoms with Gasteiger partial charge in [-0.3, -0.25) is 4.79 Å². The van der Waals surface area contributed by atoms with Crippen molar-refractivity contribution in [2.45, 2.75) is 25.4 Å². The average Bonchev–Trinajstić information content (AvgIpc) is 3.22. The van der Waals surface area contributed by atoms with E-state index in [9.17, 15) is 4.79 Å². The third-order valence-electron chi connectivity index (χ3n) is 6.07. The highest BCUT2D eigenvalue weighted by Gasteiger charge is 2.32. The minimum Gasteiger partial charge on any atom is -0.493 e. The van der Waals surface area contributed by atoms with Gasteiger partial charge in [-0.05, 0) is 35.6 Å². The van der Waals surface area contributed by atoms with Crippen LogP contribution in [0.2, 0.25) is 0 Å². The standard InChI is InChI=1S/C25H24N4O4/c1-31-14-18-23(16-9-10-21(32-2)22(13-16)33-3)25-27-26-24-19(29(25)28-18)11-17(12-20(24)30)15-7-5-4-6-8-15/h4-10,13,17H,11-12,14H2,1-3H3. The topological polar surface area (TPSA) is 87.8 Å². The Morgan fingerprint density at radius 1 is 0.970 bits per heavy atom. The number of carbonyl (C=O) groups excluding carboxylic acids is 1. The van der Waals surface area contributed by atoms with Gasteiger partial charge in [0, 0.05) is 13.5 Å². The summed E-state index contributed by atoms with van der Waals surface area (Å²) in [6.07, 6.45) is 1.06. The van der Waals surface area contributed by atoms with Gasteiger partial charge < -0.3 is 14.2 Å². The van der Waals surface area contributed by atoms with Crippen LogP contribution in [-0.4, -0.2) is 46.9 Å². The van der Waals surface area contributed by atoms with Crippen LogP contribution in [-0.2, 0) is 17.8 Å². The van der Waals surface area contributed by atoms with E-state index in [1.54, 1.807) is 25.8 Å². The monoisotopic (exact) mass is 444 g/mol. The number of carbonyl (C=O) groups is 1. The van der Waals surface area contributed by atoms with E-state index in [1.807, 2.05) is 36.4 Å². The second-order valence-corrected chi connectivity index (χ2v) is 7.99. The quantitative estimate of drug-likeness (QED) is 0.446. The summed E-state index contributed by atoms with van der Waals surface area (Å²) in [5.74, 6) is 1.28. The second kappa shape index (κ2) is 8.63. The molecule has 0 amide bonds. The fourth-order valence-electron chi connectivity index (χ4n) is 4.50. The first-order valence-corrected chi connectivity index (χ1v) is 10.7. The Balaban J connectivity index is 1.69. The van der Waals surface area contributed by atoms with Gasteiger partial charge in [0.15, 0.2) is 28.6 Å². The summed E-state index contributed by atoms with van der Waals surface area (Å²) in [4.78, 5) is 13.0. The number of ether oxygens (including phenoxy) is 3. The largest absolute Gasteiger partial charge is 0.493 e. The molecule has 0 radical (unpaired) electrons. The van der Waals surface area contributed by atoms with Crippen molar-refractivity contribution in [3.8, 4) is 22.6 Å². The number of Topliss-reactive ketones (excluding diaryl/α,β-unsaturated/α-hetero) is 1. The summed E-state index contributed by atoms with van der Waals surface area (Å²) >= 11 is 0. The number of methoxy groups -OCH3 is 3. The highest BCUT2D eigenvalue weighted by atomic mass is 16.5. The second-order valence-electron chi connectivity index (χ2n) is 7.99. The average molecular weight is 444 g/mol. The smallest absolute Gasteiger partial charge is 0.185 e. The van der Waals surface area contributed by atoms with Crippen molar-refractivity contribution in [1.82, 2.24) is 19.8 Å². The summed E-state index contributed by atoms with van der Waals surface area (Å²) in [5.41, 5.74) is 5.23. The predicted octanol–water partition coefficient (Wildman–Crippen LogP) is 3.87. The van der Waals surface area contributed by atoms with Gasteiger partial charge in [-0.25, -0.2) is 4.52 Å². The SMILES string of the molecule is COCc1nn2c3c(nnc2c1-c1ccc(OC)c(OC)c1)C(=O)CC(c1ccccc1)C3.